The van der Waals surface area contributed by atoms with Crippen molar-refractivity contribution in [3.8, 4) is 5.75 Å². The van der Waals surface area contributed by atoms with Crippen molar-refractivity contribution >= 4 is 11.4 Å². The predicted molar refractivity (Wildman–Crippen MR) is 72.6 cm³/mol. The molecule has 2 unspecified atom stereocenters. The Hall–Kier alpha value is -1.38. The molecule has 2 N–H and O–H groups in total. The van der Waals surface area contributed by atoms with E-state index in [2.05, 4.69) is 24.8 Å². The molecule has 0 aliphatic carbocycles. The average molecular weight is 234 g/mol. The zero-order chi connectivity index (χ0) is 12.4. The van der Waals surface area contributed by atoms with Crippen LogP contribution in [0.2, 0.25) is 0 Å². The molecule has 0 aromatic heterocycles. The molecule has 2 rings (SSSR count). The van der Waals surface area contributed by atoms with Crippen LogP contribution in [-0.4, -0.2) is 19.7 Å². The summed E-state index contributed by atoms with van der Waals surface area (Å²) in [6.45, 7) is 5.75. The van der Waals surface area contributed by atoms with Crippen molar-refractivity contribution < 1.29 is 4.74 Å². The lowest BCUT2D eigenvalue weighted by atomic mass is 9.91. The van der Waals surface area contributed by atoms with Crippen LogP contribution in [0.1, 0.15) is 26.7 Å². The van der Waals surface area contributed by atoms with Crippen molar-refractivity contribution in [2.75, 3.05) is 24.3 Å². The van der Waals surface area contributed by atoms with Crippen LogP contribution < -0.4 is 15.4 Å². The Morgan fingerprint density at radius 1 is 1.35 bits per heavy atom. The van der Waals surface area contributed by atoms with Gasteiger partial charge in [-0.15, -0.1) is 0 Å². The van der Waals surface area contributed by atoms with Gasteiger partial charge in [0.05, 0.1) is 12.8 Å². The summed E-state index contributed by atoms with van der Waals surface area (Å²) in [6.07, 6.45) is 2.59. The van der Waals surface area contributed by atoms with Crippen LogP contribution in [0.15, 0.2) is 18.2 Å². The summed E-state index contributed by atoms with van der Waals surface area (Å²) in [5, 5.41) is 0. The second kappa shape index (κ2) is 4.86. The monoisotopic (exact) mass is 234 g/mol. The number of ether oxygens (including phenoxy) is 1. The van der Waals surface area contributed by atoms with Crippen LogP contribution in [0.4, 0.5) is 11.4 Å². The number of nitrogens with zero attached hydrogens (tertiary/aromatic N) is 1. The number of hydrogen-bond donors (Lipinski definition) is 1. The first-order valence-corrected chi connectivity index (χ1v) is 6.33. The zero-order valence-electron chi connectivity index (χ0n) is 10.9. The van der Waals surface area contributed by atoms with E-state index in [0.29, 0.717) is 11.7 Å². The highest BCUT2D eigenvalue weighted by atomic mass is 16.5. The van der Waals surface area contributed by atoms with Gasteiger partial charge in [-0.05, 0) is 37.8 Å². The summed E-state index contributed by atoms with van der Waals surface area (Å²) >= 11 is 0. The number of nitrogens with two attached hydrogens (primary N) is 1. The van der Waals surface area contributed by atoms with Gasteiger partial charge in [-0.25, -0.2) is 0 Å². The third-order valence-corrected chi connectivity index (χ3v) is 3.92. The molecule has 0 radical (unpaired) electrons. The topological polar surface area (TPSA) is 38.5 Å². The van der Waals surface area contributed by atoms with Crippen LogP contribution in [0.5, 0.6) is 5.75 Å². The molecular weight excluding hydrogens is 212 g/mol. The van der Waals surface area contributed by atoms with E-state index in [4.69, 9.17) is 10.5 Å². The Bertz CT molecular complexity index is 392. The minimum Gasteiger partial charge on any atom is -0.495 e. The van der Waals surface area contributed by atoms with Crippen LogP contribution in [-0.2, 0) is 0 Å². The molecule has 3 nitrogen and oxygen atoms in total. The highest BCUT2D eigenvalue weighted by molar-refractivity contribution is 5.62. The molecule has 0 amide bonds. The molecule has 1 aromatic carbocycles. The van der Waals surface area contributed by atoms with Gasteiger partial charge >= 0.3 is 0 Å². The molecule has 3 heteroatoms. The summed E-state index contributed by atoms with van der Waals surface area (Å²) in [5.41, 5.74) is 7.77. The molecule has 0 spiro atoms. The fraction of sp³-hybridized carbons (Fsp3) is 0.571. The maximum absolute atomic E-state index is 5.85. The van der Waals surface area contributed by atoms with Gasteiger partial charge in [-0.3, -0.25) is 0 Å². The summed E-state index contributed by atoms with van der Waals surface area (Å²) in [5.74, 6) is 1.51. The van der Waals surface area contributed by atoms with Crippen molar-refractivity contribution in [3.05, 3.63) is 18.2 Å². The minimum absolute atomic E-state index is 0.581. The maximum Gasteiger partial charge on any atom is 0.143 e. The zero-order valence-corrected chi connectivity index (χ0v) is 10.9. The molecule has 1 heterocycles. The Balaban J connectivity index is 2.27. The first-order valence-electron chi connectivity index (χ1n) is 6.33. The fourth-order valence-electron chi connectivity index (χ4n) is 2.58. The van der Waals surface area contributed by atoms with Gasteiger partial charge in [0.15, 0.2) is 0 Å². The van der Waals surface area contributed by atoms with E-state index in [1.54, 1.807) is 7.11 Å². The molecule has 1 aliphatic rings. The van der Waals surface area contributed by atoms with Crippen molar-refractivity contribution in [1.29, 1.82) is 0 Å². The fourth-order valence-corrected chi connectivity index (χ4v) is 2.58. The molecule has 1 aromatic rings. The molecule has 0 bridgehead atoms. The lowest BCUT2D eigenvalue weighted by molar-refractivity contribution is 0.363. The highest BCUT2D eigenvalue weighted by Crippen LogP contribution is 2.32. The maximum atomic E-state index is 5.85. The molecule has 0 saturated carbocycles. The van der Waals surface area contributed by atoms with Crippen LogP contribution in [0.3, 0.4) is 0 Å². The Morgan fingerprint density at radius 3 is 2.82 bits per heavy atom. The quantitative estimate of drug-likeness (QED) is 0.800. The Labute approximate surface area is 104 Å². The number of rotatable bonds is 2. The third kappa shape index (κ3) is 2.33. The van der Waals surface area contributed by atoms with E-state index in [1.807, 2.05) is 12.1 Å². The average Bonchev–Trinajstić information content (AvgIpc) is 2.34. The van der Waals surface area contributed by atoms with Gasteiger partial charge in [0.2, 0.25) is 0 Å². The van der Waals surface area contributed by atoms with Gasteiger partial charge in [-0.1, -0.05) is 6.92 Å². The van der Waals surface area contributed by atoms with Crippen molar-refractivity contribution in [2.24, 2.45) is 5.92 Å². The van der Waals surface area contributed by atoms with Gasteiger partial charge in [0, 0.05) is 24.3 Å². The van der Waals surface area contributed by atoms with Crippen LogP contribution in [0, 0.1) is 5.92 Å². The second-order valence-corrected chi connectivity index (χ2v) is 4.98. The number of anilines is 2. The normalized spacial score (nSPS) is 24.8. The highest BCUT2D eigenvalue weighted by Gasteiger charge is 2.25. The van der Waals surface area contributed by atoms with Gasteiger partial charge in [-0.2, -0.15) is 0 Å². The van der Waals surface area contributed by atoms with Crippen molar-refractivity contribution in [3.63, 3.8) is 0 Å². The molecule has 94 valence electrons. The largest absolute Gasteiger partial charge is 0.495 e. The number of hydrogen-bond acceptors (Lipinski definition) is 3. The Kier molecular flexibility index (Phi) is 3.46. The van der Waals surface area contributed by atoms with E-state index >= 15 is 0 Å². The van der Waals surface area contributed by atoms with Gasteiger partial charge < -0.3 is 15.4 Å². The molecule has 1 fully saturated rings. The lowest BCUT2D eigenvalue weighted by Crippen LogP contribution is -2.42. The number of benzene rings is 1. The van der Waals surface area contributed by atoms with Crippen molar-refractivity contribution in [1.82, 2.24) is 0 Å². The number of nitrogen functional groups attached to an aromatic ring is 1. The summed E-state index contributed by atoms with van der Waals surface area (Å²) in [6, 6.07) is 6.65. The van der Waals surface area contributed by atoms with E-state index in [0.717, 1.165) is 18.2 Å². The van der Waals surface area contributed by atoms with E-state index < -0.39 is 0 Å². The summed E-state index contributed by atoms with van der Waals surface area (Å²) in [7, 11) is 1.66. The molecule has 2 atom stereocenters. The van der Waals surface area contributed by atoms with Crippen molar-refractivity contribution in [2.45, 2.75) is 32.7 Å². The van der Waals surface area contributed by atoms with E-state index in [1.165, 1.54) is 18.5 Å². The van der Waals surface area contributed by atoms with Crippen LogP contribution in [0.25, 0.3) is 0 Å². The summed E-state index contributed by atoms with van der Waals surface area (Å²) in [4.78, 5) is 2.45. The molecule has 1 saturated heterocycles. The number of methoxy groups -OCH3 is 1. The Morgan fingerprint density at radius 2 is 2.12 bits per heavy atom. The first-order chi connectivity index (χ1) is 8.13. The first kappa shape index (κ1) is 12.1. The minimum atomic E-state index is 0.581. The lowest BCUT2D eigenvalue weighted by Gasteiger charge is -2.39. The smallest absolute Gasteiger partial charge is 0.143 e. The van der Waals surface area contributed by atoms with Crippen LogP contribution >= 0.6 is 0 Å². The molecule has 17 heavy (non-hydrogen) atoms. The SMILES string of the molecule is COc1cc(N2CCCC(C)C2C)ccc1N. The van der Waals surface area contributed by atoms with E-state index in [9.17, 15) is 0 Å². The molecular formula is C14H22N2O. The number of piperidine rings is 1. The standard InChI is InChI=1S/C14H22N2O/c1-10-5-4-8-16(11(10)2)12-6-7-13(15)14(9-12)17-3/h6-7,9-11H,4-5,8,15H2,1-3H3. The van der Waals surface area contributed by atoms with Gasteiger partial charge in [0.1, 0.15) is 5.75 Å². The predicted octanol–water partition coefficient (Wildman–Crippen LogP) is 2.90. The summed E-state index contributed by atoms with van der Waals surface area (Å²) < 4.78 is 5.29. The molecule has 1 aliphatic heterocycles. The van der Waals surface area contributed by atoms with Gasteiger partial charge in [0.25, 0.3) is 0 Å². The second-order valence-electron chi connectivity index (χ2n) is 4.98. The van der Waals surface area contributed by atoms with E-state index in [-0.39, 0.29) is 0 Å². The third-order valence-electron chi connectivity index (χ3n) is 3.92.